The number of carbonyl (C=O) groups excluding carboxylic acids is 2. The zero-order valence-corrected chi connectivity index (χ0v) is 17.5. The van der Waals surface area contributed by atoms with Crippen LogP contribution in [0.3, 0.4) is 0 Å². The van der Waals surface area contributed by atoms with E-state index in [-0.39, 0.29) is 11.8 Å². The number of likely N-dealkylation sites (tertiary alicyclic amines) is 1. The first kappa shape index (κ1) is 20.4. The highest BCUT2D eigenvalue weighted by molar-refractivity contribution is 5.86. The van der Waals surface area contributed by atoms with Gasteiger partial charge >= 0.3 is 12.1 Å². The van der Waals surface area contributed by atoms with Gasteiger partial charge in [0.15, 0.2) is 0 Å². The molecule has 2 saturated heterocycles. The molecular weight excluding hydrogens is 362 g/mol. The molecule has 3 rings (SSSR count). The molecule has 2 amide bonds. The Labute approximate surface area is 166 Å². The Hall–Kier alpha value is -2.32. The van der Waals surface area contributed by atoms with Crippen LogP contribution in [0.25, 0.3) is 0 Å². The zero-order chi connectivity index (χ0) is 20.5. The Morgan fingerprint density at radius 2 is 1.79 bits per heavy atom. The number of nitrogens with zero attached hydrogens (tertiary/aromatic N) is 5. The van der Waals surface area contributed by atoms with Gasteiger partial charge in [-0.25, -0.2) is 4.79 Å². The maximum Gasteiger partial charge on any atom is 0.410 e. The molecule has 1 unspecified atom stereocenters. The van der Waals surface area contributed by atoms with Crippen molar-refractivity contribution < 1.29 is 18.7 Å². The number of amides is 2. The predicted octanol–water partition coefficient (Wildman–Crippen LogP) is 2.24. The summed E-state index contributed by atoms with van der Waals surface area (Å²) in [7, 11) is 0. The molecule has 0 saturated carbocycles. The van der Waals surface area contributed by atoms with Gasteiger partial charge in [-0.1, -0.05) is 18.9 Å². The van der Waals surface area contributed by atoms with Crippen LogP contribution >= 0.6 is 0 Å². The van der Waals surface area contributed by atoms with Gasteiger partial charge in [0.2, 0.25) is 11.8 Å². The minimum atomic E-state index is -0.572. The van der Waals surface area contributed by atoms with Crippen LogP contribution in [0.5, 0.6) is 0 Å². The quantitative estimate of drug-likeness (QED) is 0.777. The van der Waals surface area contributed by atoms with Crippen LogP contribution in [0.4, 0.5) is 10.8 Å². The van der Waals surface area contributed by atoms with Crippen LogP contribution in [0.1, 0.15) is 59.3 Å². The standard InChI is InChI=1S/C19H31N5O4/c1-13(2)15-20-21-17(27-15)23-11-9-22(10-12-23)16(25)14-7-6-8-24(14)18(26)28-19(3,4)5/h13-14H,6-12H2,1-5H3. The number of ether oxygens (including phenoxy) is 1. The lowest BCUT2D eigenvalue weighted by atomic mass is 10.1. The molecule has 0 N–H and O–H groups in total. The summed E-state index contributed by atoms with van der Waals surface area (Å²) in [5.41, 5.74) is -0.572. The van der Waals surface area contributed by atoms with Crippen molar-refractivity contribution in [1.82, 2.24) is 20.0 Å². The van der Waals surface area contributed by atoms with Crippen molar-refractivity contribution in [3.63, 3.8) is 0 Å². The maximum absolute atomic E-state index is 13.0. The Morgan fingerprint density at radius 1 is 1.11 bits per heavy atom. The highest BCUT2D eigenvalue weighted by atomic mass is 16.6. The molecule has 28 heavy (non-hydrogen) atoms. The van der Waals surface area contributed by atoms with Gasteiger partial charge in [-0.2, -0.15) is 0 Å². The molecule has 0 aromatic carbocycles. The predicted molar refractivity (Wildman–Crippen MR) is 103 cm³/mol. The first-order valence-corrected chi connectivity index (χ1v) is 10.0. The van der Waals surface area contributed by atoms with Crippen molar-refractivity contribution in [2.24, 2.45) is 0 Å². The molecule has 1 aromatic rings. The molecule has 1 atom stereocenters. The van der Waals surface area contributed by atoms with Crippen molar-refractivity contribution in [2.45, 2.75) is 65.0 Å². The number of carbonyl (C=O) groups is 2. The van der Waals surface area contributed by atoms with Crippen molar-refractivity contribution >= 4 is 18.0 Å². The topological polar surface area (TPSA) is 92.0 Å². The first-order chi connectivity index (χ1) is 13.2. The second-order valence-corrected chi connectivity index (χ2v) is 8.72. The largest absolute Gasteiger partial charge is 0.444 e. The summed E-state index contributed by atoms with van der Waals surface area (Å²) in [6.07, 6.45) is 1.09. The number of anilines is 1. The van der Waals surface area contributed by atoms with E-state index in [4.69, 9.17) is 9.15 Å². The van der Waals surface area contributed by atoms with E-state index in [1.165, 1.54) is 0 Å². The van der Waals surface area contributed by atoms with Crippen LogP contribution in [0, 0.1) is 0 Å². The minimum Gasteiger partial charge on any atom is -0.444 e. The molecule has 2 aliphatic rings. The van der Waals surface area contributed by atoms with Gasteiger partial charge in [0, 0.05) is 38.6 Å². The van der Waals surface area contributed by atoms with Gasteiger partial charge in [0.25, 0.3) is 0 Å². The number of hydrogen-bond donors (Lipinski definition) is 0. The summed E-state index contributed by atoms with van der Waals surface area (Å²) in [6.45, 7) is 12.5. The third-order valence-corrected chi connectivity index (χ3v) is 4.95. The van der Waals surface area contributed by atoms with Gasteiger partial charge in [0.05, 0.1) is 0 Å². The van der Waals surface area contributed by atoms with Gasteiger partial charge in [0.1, 0.15) is 11.6 Å². The lowest BCUT2D eigenvalue weighted by Gasteiger charge is -2.36. The molecule has 2 fully saturated rings. The fourth-order valence-corrected chi connectivity index (χ4v) is 3.48. The van der Waals surface area contributed by atoms with Crippen molar-refractivity contribution in [2.75, 3.05) is 37.6 Å². The van der Waals surface area contributed by atoms with E-state index in [1.807, 2.05) is 44.4 Å². The molecule has 0 radical (unpaired) electrons. The summed E-state index contributed by atoms with van der Waals surface area (Å²) in [4.78, 5) is 30.9. The van der Waals surface area contributed by atoms with Gasteiger partial charge in [-0.3, -0.25) is 9.69 Å². The van der Waals surface area contributed by atoms with Gasteiger partial charge < -0.3 is 19.0 Å². The van der Waals surface area contributed by atoms with E-state index in [9.17, 15) is 9.59 Å². The Kier molecular flexibility index (Phi) is 5.81. The van der Waals surface area contributed by atoms with E-state index >= 15 is 0 Å². The monoisotopic (exact) mass is 393 g/mol. The Morgan fingerprint density at radius 3 is 2.36 bits per heavy atom. The molecule has 0 spiro atoms. The van der Waals surface area contributed by atoms with E-state index in [0.717, 1.165) is 6.42 Å². The number of aromatic nitrogens is 2. The third kappa shape index (κ3) is 4.56. The fraction of sp³-hybridized carbons (Fsp3) is 0.789. The minimum absolute atomic E-state index is 0.00333. The highest BCUT2D eigenvalue weighted by Gasteiger charge is 2.39. The normalized spacial score (nSPS) is 20.8. The summed E-state index contributed by atoms with van der Waals surface area (Å²) >= 11 is 0. The average molecular weight is 393 g/mol. The van der Waals surface area contributed by atoms with Crippen LogP contribution in [0.15, 0.2) is 4.42 Å². The van der Waals surface area contributed by atoms with Gasteiger partial charge in [-0.15, -0.1) is 5.10 Å². The smallest absolute Gasteiger partial charge is 0.410 e. The highest BCUT2D eigenvalue weighted by Crippen LogP contribution is 2.24. The van der Waals surface area contributed by atoms with Crippen LogP contribution in [-0.2, 0) is 9.53 Å². The first-order valence-electron chi connectivity index (χ1n) is 10.0. The molecule has 0 bridgehead atoms. The van der Waals surface area contributed by atoms with E-state index in [1.54, 1.807) is 4.90 Å². The summed E-state index contributed by atoms with van der Waals surface area (Å²) in [5, 5.41) is 8.18. The molecule has 1 aromatic heterocycles. The average Bonchev–Trinajstić information content (AvgIpc) is 3.29. The van der Waals surface area contributed by atoms with Crippen LogP contribution in [-0.4, -0.2) is 76.4 Å². The lowest BCUT2D eigenvalue weighted by Crippen LogP contribution is -2.55. The number of piperazine rings is 1. The fourth-order valence-electron chi connectivity index (χ4n) is 3.48. The third-order valence-electron chi connectivity index (χ3n) is 4.95. The molecule has 9 nitrogen and oxygen atoms in total. The SMILES string of the molecule is CC(C)c1nnc(N2CCN(C(=O)C3CCCN3C(=O)OC(C)(C)C)CC2)o1. The summed E-state index contributed by atoms with van der Waals surface area (Å²) in [6, 6.07) is 0.0735. The van der Waals surface area contributed by atoms with E-state index < -0.39 is 17.7 Å². The summed E-state index contributed by atoms with van der Waals surface area (Å²) in [5.74, 6) is 0.800. The number of rotatable bonds is 3. The Balaban J connectivity index is 1.57. The van der Waals surface area contributed by atoms with E-state index in [0.29, 0.717) is 51.0 Å². The van der Waals surface area contributed by atoms with Crippen LogP contribution in [0.2, 0.25) is 0 Å². The molecule has 2 aliphatic heterocycles. The lowest BCUT2D eigenvalue weighted by molar-refractivity contribution is -0.136. The maximum atomic E-state index is 13.0. The molecule has 156 valence electrons. The number of hydrogen-bond acceptors (Lipinski definition) is 7. The van der Waals surface area contributed by atoms with Crippen molar-refractivity contribution in [1.29, 1.82) is 0 Å². The zero-order valence-electron chi connectivity index (χ0n) is 17.5. The molecular formula is C19H31N5O4. The van der Waals surface area contributed by atoms with Crippen LogP contribution < -0.4 is 4.90 Å². The molecule has 9 heteroatoms. The Bertz CT molecular complexity index is 703. The van der Waals surface area contributed by atoms with Gasteiger partial charge in [-0.05, 0) is 33.6 Å². The van der Waals surface area contributed by atoms with E-state index in [2.05, 4.69) is 10.2 Å². The second kappa shape index (κ2) is 7.97. The van der Waals surface area contributed by atoms with Crippen molar-refractivity contribution in [3.8, 4) is 0 Å². The second-order valence-electron chi connectivity index (χ2n) is 8.72. The molecule has 0 aliphatic carbocycles. The summed E-state index contributed by atoms with van der Waals surface area (Å²) < 4.78 is 11.2. The molecule has 3 heterocycles. The van der Waals surface area contributed by atoms with Crippen molar-refractivity contribution in [3.05, 3.63) is 5.89 Å².